The van der Waals surface area contributed by atoms with Gasteiger partial charge in [-0.25, -0.2) is 4.39 Å². The summed E-state index contributed by atoms with van der Waals surface area (Å²) in [6.45, 7) is 1.24. The minimum atomic E-state index is -0.758. The molecule has 0 aliphatic heterocycles. The lowest BCUT2D eigenvalue weighted by molar-refractivity contribution is 0.168. The summed E-state index contributed by atoms with van der Waals surface area (Å²) in [6, 6.07) is 0.807. The maximum atomic E-state index is 13.7. The fraction of sp³-hybridized carbons (Fsp3) is 0.923. The Morgan fingerprint density at radius 1 is 1.53 bits per heavy atom. The van der Waals surface area contributed by atoms with Crippen molar-refractivity contribution in [3.8, 4) is 0 Å². The van der Waals surface area contributed by atoms with Gasteiger partial charge in [0.05, 0.1) is 0 Å². The number of aliphatic imine (C=N–C) groups is 1. The van der Waals surface area contributed by atoms with Crippen LogP contribution >= 0.6 is 0 Å². The van der Waals surface area contributed by atoms with Crippen molar-refractivity contribution in [2.24, 2.45) is 10.7 Å². The summed E-state index contributed by atoms with van der Waals surface area (Å²) < 4.78 is 13.7. The van der Waals surface area contributed by atoms with Gasteiger partial charge < -0.3 is 21.3 Å². The molecule has 0 aromatic heterocycles. The number of hydrogen-bond donors (Lipinski definition) is 3. The molecule has 4 N–H and O–H groups in total. The van der Waals surface area contributed by atoms with Crippen molar-refractivity contribution < 1.29 is 4.39 Å². The average molecular weight is 273 g/mol. The highest BCUT2D eigenvalue weighted by atomic mass is 19.1. The van der Waals surface area contributed by atoms with Gasteiger partial charge in [-0.2, -0.15) is 0 Å². The van der Waals surface area contributed by atoms with Crippen LogP contribution in [0.15, 0.2) is 4.99 Å². The van der Waals surface area contributed by atoms with Gasteiger partial charge in [-0.05, 0) is 46.3 Å². The van der Waals surface area contributed by atoms with Crippen molar-refractivity contribution in [3.05, 3.63) is 0 Å². The van der Waals surface area contributed by atoms with Gasteiger partial charge in [0, 0.05) is 25.7 Å². The first-order valence-electron chi connectivity index (χ1n) is 7.04. The van der Waals surface area contributed by atoms with Crippen LogP contribution in [0.5, 0.6) is 0 Å². The van der Waals surface area contributed by atoms with Crippen LogP contribution in [0.1, 0.15) is 25.7 Å². The summed E-state index contributed by atoms with van der Waals surface area (Å²) in [4.78, 5) is 6.05. The van der Waals surface area contributed by atoms with Crippen LogP contribution in [0.25, 0.3) is 0 Å². The number of guanidine groups is 1. The molecule has 2 unspecified atom stereocenters. The molecule has 6 heteroatoms. The number of halogens is 1. The van der Waals surface area contributed by atoms with Crippen molar-refractivity contribution in [2.75, 3.05) is 34.2 Å². The van der Waals surface area contributed by atoms with Crippen LogP contribution in [0.4, 0.5) is 4.39 Å². The quantitative estimate of drug-likeness (QED) is 0.462. The van der Waals surface area contributed by atoms with E-state index in [1.165, 1.54) is 0 Å². The van der Waals surface area contributed by atoms with Crippen LogP contribution in [0.3, 0.4) is 0 Å². The van der Waals surface area contributed by atoms with Gasteiger partial charge in [0.1, 0.15) is 6.17 Å². The number of nitrogens with zero attached hydrogens (tertiary/aromatic N) is 2. The second-order valence-corrected chi connectivity index (χ2v) is 5.35. The van der Waals surface area contributed by atoms with Crippen molar-refractivity contribution in [1.29, 1.82) is 0 Å². The van der Waals surface area contributed by atoms with Crippen LogP contribution < -0.4 is 16.4 Å². The largest absolute Gasteiger partial charge is 0.370 e. The molecule has 0 aromatic rings. The van der Waals surface area contributed by atoms with E-state index in [1.807, 2.05) is 14.1 Å². The maximum Gasteiger partial charge on any atom is 0.188 e. The molecule has 0 heterocycles. The topological polar surface area (TPSA) is 65.7 Å². The van der Waals surface area contributed by atoms with Gasteiger partial charge in [0.2, 0.25) is 0 Å². The molecule has 0 aromatic carbocycles. The third-order valence-electron chi connectivity index (χ3n) is 3.81. The maximum absolute atomic E-state index is 13.7. The van der Waals surface area contributed by atoms with Crippen molar-refractivity contribution in [1.82, 2.24) is 15.5 Å². The van der Waals surface area contributed by atoms with E-state index in [9.17, 15) is 4.39 Å². The lowest BCUT2D eigenvalue weighted by Gasteiger charge is -2.26. The molecule has 5 nitrogen and oxygen atoms in total. The van der Waals surface area contributed by atoms with Gasteiger partial charge in [0.25, 0.3) is 0 Å². The summed E-state index contributed by atoms with van der Waals surface area (Å²) in [6.07, 6.45) is 2.98. The zero-order valence-corrected chi connectivity index (χ0v) is 12.3. The molecular weight excluding hydrogens is 245 g/mol. The van der Waals surface area contributed by atoms with E-state index in [4.69, 9.17) is 5.73 Å². The monoisotopic (exact) mass is 273 g/mol. The Kier molecular flexibility index (Phi) is 7.09. The third-order valence-corrected chi connectivity index (χ3v) is 3.81. The summed E-state index contributed by atoms with van der Waals surface area (Å²) in [5.74, 6) is 0.491. The fourth-order valence-corrected chi connectivity index (χ4v) is 2.62. The van der Waals surface area contributed by atoms with Crippen LogP contribution in [-0.4, -0.2) is 63.3 Å². The number of alkyl halides is 1. The highest BCUT2D eigenvalue weighted by Crippen LogP contribution is 2.23. The lowest BCUT2D eigenvalue weighted by Crippen LogP contribution is -2.40. The molecule has 1 aliphatic rings. The Morgan fingerprint density at radius 2 is 2.26 bits per heavy atom. The second-order valence-electron chi connectivity index (χ2n) is 5.35. The Bertz CT molecular complexity index is 284. The average Bonchev–Trinajstić information content (AvgIpc) is 2.84. The van der Waals surface area contributed by atoms with Gasteiger partial charge >= 0.3 is 0 Å². The molecule has 0 saturated heterocycles. The van der Waals surface area contributed by atoms with Crippen LogP contribution in [0.2, 0.25) is 0 Å². The van der Waals surface area contributed by atoms with E-state index in [-0.39, 0.29) is 0 Å². The molecule has 0 amide bonds. The normalized spacial score (nSPS) is 25.8. The molecule has 0 spiro atoms. The Labute approximate surface area is 115 Å². The Balaban J connectivity index is 2.29. The first-order chi connectivity index (χ1) is 9.06. The zero-order chi connectivity index (χ0) is 14.3. The molecule has 3 atom stereocenters. The van der Waals surface area contributed by atoms with Crippen LogP contribution in [0, 0.1) is 0 Å². The van der Waals surface area contributed by atoms with Gasteiger partial charge in [0.15, 0.2) is 5.96 Å². The van der Waals surface area contributed by atoms with E-state index in [0.717, 1.165) is 25.8 Å². The molecule has 0 radical (unpaired) electrons. The molecule has 0 bridgehead atoms. The van der Waals surface area contributed by atoms with Gasteiger partial charge in [-0.15, -0.1) is 0 Å². The lowest BCUT2D eigenvalue weighted by atomic mass is 10.2. The van der Waals surface area contributed by atoms with E-state index < -0.39 is 6.17 Å². The number of rotatable bonds is 7. The standard InChI is InChI=1S/C13H28FN5/c1-16-7-6-10(14)9-19(3)12-5-4-11(8-12)18-13(15)17-2/h10-12,16H,4-9H2,1-3H3,(H3,15,17,18)/t10?,11-,12?/m0/s1. The van der Waals surface area contributed by atoms with Gasteiger partial charge in [-0.1, -0.05) is 0 Å². The Morgan fingerprint density at radius 3 is 2.89 bits per heavy atom. The summed E-state index contributed by atoms with van der Waals surface area (Å²) >= 11 is 0. The molecule has 1 rings (SSSR count). The molecule has 112 valence electrons. The van der Waals surface area contributed by atoms with Crippen molar-refractivity contribution in [2.45, 2.75) is 43.9 Å². The van der Waals surface area contributed by atoms with Crippen LogP contribution in [-0.2, 0) is 0 Å². The SMILES string of the molecule is CN=C(N)N[C@H]1CCC(N(C)CC(F)CCNC)C1. The summed E-state index contributed by atoms with van der Waals surface area (Å²) in [5, 5.41) is 6.18. The highest BCUT2D eigenvalue weighted by molar-refractivity contribution is 5.77. The minimum absolute atomic E-state index is 0.367. The van der Waals surface area contributed by atoms with E-state index in [1.54, 1.807) is 7.05 Å². The number of nitrogens with two attached hydrogens (primary N) is 1. The second kappa shape index (κ2) is 8.32. The molecule has 1 saturated carbocycles. The summed E-state index contributed by atoms with van der Waals surface area (Å²) in [5.41, 5.74) is 5.67. The minimum Gasteiger partial charge on any atom is -0.370 e. The summed E-state index contributed by atoms with van der Waals surface area (Å²) in [7, 11) is 5.54. The molecule has 19 heavy (non-hydrogen) atoms. The molecule has 1 fully saturated rings. The predicted octanol–water partition coefficient (Wildman–Crippen LogP) is 0.321. The zero-order valence-electron chi connectivity index (χ0n) is 12.3. The Hall–Kier alpha value is -0.880. The molecule has 1 aliphatic carbocycles. The first-order valence-corrected chi connectivity index (χ1v) is 7.04. The van der Waals surface area contributed by atoms with Gasteiger partial charge in [-0.3, -0.25) is 4.99 Å². The smallest absolute Gasteiger partial charge is 0.188 e. The highest BCUT2D eigenvalue weighted by Gasteiger charge is 2.28. The first kappa shape index (κ1) is 16.2. The van der Waals surface area contributed by atoms with E-state index in [0.29, 0.717) is 31.0 Å². The van der Waals surface area contributed by atoms with Crippen molar-refractivity contribution >= 4 is 5.96 Å². The predicted molar refractivity (Wildman–Crippen MR) is 78.2 cm³/mol. The number of nitrogens with one attached hydrogen (secondary N) is 2. The fourth-order valence-electron chi connectivity index (χ4n) is 2.62. The third kappa shape index (κ3) is 5.74. The van der Waals surface area contributed by atoms with Crippen molar-refractivity contribution in [3.63, 3.8) is 0 Å². The van der Waals surface area contributed by atoms with E-state index in [2.05, 4.69) is 20.5 Å². The van der Waals surface area contributed by atoms with E-state index >= 15 is 0 Å². The number of hydrogen-bond acceptors (Lipinski definition) is 3. The molecular formula is C13H28FN5.